The second-order valence-corrected chi connectivity index (χ2v) is 2.58. The second kappa shape index (κ2) is 3.74. The van der Waals surface area contributed by atoms with Gasteiger partial charge in [-0.15, -0.1) is 0 Å². The molecule has 4 heteroatoms. The third-order valence-electron chi connectivity index (χ3n) is 1.53. The van der Waals surface area contributed by atoms with Crippen molar-refractivity contribution in [2.75, 3.05) is 7.11 Å². The number of benzene rings is 1. The Kier molecular flexibility index (Phi) is 2.89. The lowest BCUT2D eigenvalue weighted by Gasteiger charge is -2.06. The van der Waals surface area contributed by atoms with E-state index in [-0.39, 0.29) is 10.6 Å². The van der Waals surface area contributed by atoms with Crippen molar-refractivity contribution >= 4 is 11.6 Å². The van der Waals surface area contributed by atoms with Crippen LogP contribution in [-0.2, 0) is 6.61 Å². The fourth-order valence-electron chi connectivity index (χ4n) is 0.879. The lowest BCUT2D eigenvalue weighted by Crippen LogP contribution is -1.94. The van der Waals surface area contributed by atoms with Crippen LogP contribution in [0.25, 0.3) is 0 Å². The molecule has 0 aliphatic carbocycles. The standard InChI is InChI=1S/C8H8ClFO2/c1-12-7-3-2-6(10)5(4-11)8(7)9/h2-3,11H,4H2,1H3. The van der Waals surface area contributed by atoms with Crippen LogP contribution in [0.15, 0.2) is 12.1 Å². The first kappa shape index (κ1) is 9.29. The van der Waals surface area contributed by atoms with Gasteiger partial charge >= 0.3 is 0 Å². The highest BCUT2D eigenvalue weighted by molar-refractivity contribution is 6.32. The van der Waals surface area contributed by atoms with Crippen LogP contribution in [0.1, 0.15) is 5.56 Å². The molecule has 0 atom stereocenters. The molecule has 1 N–H and O–H groups in total. The van der Waals surface area contributed by atoms with E-state index in [0.717, 1.165) is 0 Å². The lowest BCUT2D eigenvalue weighted by atomic mass is 10.2. The van der Waals surface area contributed by atoms with Crippen molar-refractivity contribution in [1.29, 1.82) is 0 Å². The summed E-state index contributed by atoms with van der Waals surface area (Å²) < 4.78 is 17.7. The van der Waals surface area contributed by atoms with Crippen LogP contribution in [0.2, 0.25) is 5.02 Å². The molecule has 0 aromatic heterocycles. The molecule has 0 radical (unpaired) electrons. The average Bonchev–Trinajstić information content (AvgIpc) is 2.06. The second-order valence-electron chi connectivity index (χ2n) is 2.20. The number of methoxy groups -OCH3 is 1. The third-order valence-corrected chi connectivity index (χ3v) is 1.94. The predicted molar refractivity (Wildman–Crippen MR) is 43.9 cm³/mol. The van der Waals surface area contributed by atoms with Crippen molar-refractivity contribution in [3.63, 3.8) is 0 Å². The van der Waals surface area contributed by atoms with Crippen LogP contribution in [0.4, 0.5) is 4.39 Å². The van der Waals surface area contributed by atoms with Crippen LogP contribution < -0.4 is 4.74 Å². The molecule has 0 saturated carbocycles. The number of aliphatic hydroxyl groups excluding tert-OH is 1. The van der Waals surface area contributed by atoms with Crippen molar-refractivity contribution in [3.8, 4) is 5.75 Å². The number of ether oxygens (including phenoxy) is 1. The molecule has 0 bridgehead atoms. The van der Waals surface area contributed by atoms with Crippen molar-refractivity contribution in [2.45, 2.75) is 6.61 Å². The summed E-state index contributed by atoms with van der Waals surface area (Å²) in [4.78, 5) is 0. The Morgan fingerprint density at radius 3 is 2.75 bits per heavy atom. The Morgan fingerprint density at radius 1 is 1.58 bits per heavy atom. The minimum absolute atomic E-state index is 0.0658. The van der Waals surface area contributed by atoms with E-state index < -0.39 is 12.4 Å². The van der Waals surface area contributed by atoms with Gasteiger partial charge in [0.05, 0.1) is 18.7 Å². The molecular formula is C8H8ClFO2. The van der Waals surface area contributed by atoms with Gasteiger partial charge in [0, 0.05) is 5.56 Å². The lowest BCUT2D eigenvalue weighted by molar-refractivity contribution is 0.275. The molecule has 1 aromatic rings. The summed E-state index contributed by atoms with van der Waals surface area (Å²) in [5.41, 5.74) is 0.0658. The Morgan fingerprint density at radius 2 is 2.25 bits per heavy atom. The van der Waals surface area contributed by atoms with Gasteiger partial charge in [0.15, 0.2) is 0 Å². The minimum atomic E-state index is -0.525. The van der Waals surface area contributed by atoms with Gasteiger partial charge in [0.1, 0.15) is 11.6 Å². The zero-order chi connectivity index (χ0) is 9.14. The van der Waals surface area contributed by atoms with Gasteiger partial charge in [-0.1, -0.05) is 11.6 Å². The fraction of sp³-hybridized carbons (Fsp3) is 0.250. The maximum absolute atomic E-state index is 12.9. The van der Waals surface area contributed by atoms with Crippen molar-refractivity contribution in [2.24, 2.45) is 0 Å². The smallest absolute Gasteiger partial charge is 0.138 e. The highest BCUT2D eigenvalue weighted by Gasteiger charge is 2.10. The van der Waals surface area contributed by atoms with Crippen molar-refractivity contribution in [1.82, 2.24) is 0 Å². The molecule has 1 rings (SSSR count). The van der Waals surface area contributed by atoms with Crippen LogP contribution in [0.5, 0.6) is 5.75 Å². The van der Waals surface area contributed by atoms with Gasteiger partial charge in [-0.25, -0.2) is 4.39 Å². The van der Waals surface area contributed by atoms with E-state index in [0.29, 0.717) is 5.75 Å². The molecule has 0 spiro atoms. The average molecular weight is 191 g/mol. The Labute approximate surface area is 74.5 Å². The van der Waals surface area contributed by atoms with Gasteiger partial charge < -0.3 is 9.84 Å². The summed E-state index contributed by atoms with van der Waals surface area (Å²) in [5, 5.41) is 8.86. The molecule has 0 saturated heterocycles. The third kappa shape index (κ3) is 1.52. The monoisotopic (exact) mass is 190 g/mol. The number of aliphatic hydroxyl groups is 1. The van der Waals surface area contributed by atoms with Gasteiger partial charge in [-0.2, -0.15) is 0 Å². The van der Waals surface area contributed by atoms with E-state index in [1.54, 1.807) is 0 Å². The summed E-state index contributed by atoms with van der Waals surface area (Å²) in [6.45, 7) is -0.429. The van der Waals surface area contributed by atoms with Gasteiger partial charge in [0.25, 0.3) is 0 Å². The van der Waals surface area contributed by atoms with Crippen LogP contribution in [0, 0.1) is 5.82 Å². The number of rotatable bonds is 2. The minimum Gasteiger partial charge on any atom is -0.495 e. The van der Waals surface area contributed by atoms with Crippen LogP contribution in [-0.4, -0.2) is 12.2 Å². The molecule has 66 valence electrons. The maximum Gasteiger partial charge on any atom is 0.138 e. The molecule has 0 heterocycles. The molecule has 0 aliphatic heterocycles. The molecule has 1 aromatic carbocycles. The Hall–Kier alpha value is -0.800. The van der Waals surface area contributed by atoms with E-state index in [4.69, 9.17) is 21.4 Å². The fourth-order valence-corrected chi connectivity index (χ4v) is 1.17. The predicted octanol–water partition coefficient (Wildman–Crippen LogP) is 1.98. The highest BCUT2D eigenvalue weighted by Crippen LogP contribution is 2.29. The SMILES string of the molecule is COc1ccc(F)c(CO)c1Cl. The summed E-state index contributed by atoms with van der Waals surface area (Å²) in [5.74, 6) is -0.162. The van der Waals surface area contributed by atoms with Gasteiger partial charge in [0.2, 0.25) is 0 Å². The zero-order valence-electron chi connectivity index (χ0n) is 6.47. The van der Waals surface area contributed by atoms with E-state index in [9.17, 15) is 4.39 Å². The van der Waals surface area contributed by atoms with Crippen LogP contribution in [0.3, 0.4) is 0 Å². The van der Waals surface area contributed by atoms with Gasteiger partial charge in [-0.3, -0.25) is 0 Å². The molecule has 0 aliphatic rings. The van der Waals surface area contributed by atoms with E-state index in [1.807, 2.05) is 0 Å². The van der Waals surface area contributed by atoms with E-state index >= 15 is 0 Å². The molecule has 12 heavy (non-hydrogen) atoms. The maximum atomic E-state index is 12.9. The molecule has 0 unspecified atom stereocenters. The molecule has 2 nitrogen and oxygen atoms in total. The van der Waals surface area contributed by atoms with Crippen molar-refractivity contribution in [3.05, 3.63) is 28.5 Å². The van der Waals surface area contributed by atoms with Crippen molar-refractivity contribution < 1.29 is 14.2 Å². The normalized spacial score (nSPS) is 10.0. The van der Waals surface area contributed by atoms with E-state index in [1.165, 1.54) is 19.2 Å². The summed E-state index contributed by atoms with van der Waals surface area (Å²) in [6, 6.07) is 2.62. The van der Waals surface area contributed by atoms with Crippen LogP contribution >= 0.6 is 11.6 Å². The number of hydrogen-bond acceptors (Lipinski definition) is 2. The number of halogens is 2. The topological polar surface area (TPSA) is 29.5 Å². The number of hydrogen-bond donors (Lipinski definition) is 1. The first-order chi connectivity index (χ1) is 5.70. The van der Waals surface area contributed by atoms with E-state index in [2.05, 4.69) is 0 Å². The van der Waals surface area contributed by atoms with Gasteiger partial charge in [-0.05, 0) is 12.1 Å². The quantitative estimate of drug-likeness (QED) is 0.773. The Bertz CT molecular complexity index is 289. The first-order valence-corrected chi connectivity index (χ1v) is 3.70. The zero-order valence-corrected chi connectivity index (χ0v) is 7.23. The summed E-state index contributed by atoms with van der Waals surface area (Å²) in [6.07, 6.45) is 0. The summed E-state index contributed by atoms with van der Waals surface area (Å²) >= 11 is 5.69. The largest absolute Gasteiger partial charge is 0.495 e. The Balaban J connectivity index is 3.24. The molecular weight excluding hydrogens is 183 g/mol. The molecule has 0 fully saturated rings. The first-order valence-electron chi connectivity index (χ1n) is 3.32. The summed E-state index contributed by atoms with van der Waals surface area (Å²) in [7, 11) is 1.43. The molecule has 0 amide bonds. The highest BCUT2D eigenvalue weighted by atomic mass is 35.5.